The lowest BCUT2D eigenvalue weighted by Crippen LogP contribution is -2.15. The summed E-state index contributed by atoms with van der Waals surface area (Å²) in [6.45, 7) is 2.64. The van der Waals surface area contributed by atoms with E-state index in [1.54, 1.807) is 18.2 Å². The van der Waals surface area contributed by atoms with E-state index in [9.17, 15) is 4.79 Å². The number of thioether (sulfide) groups is 1. The van der Waals surface area contributed by atoms with E-state index in [2.05, 4.69) is 15.5 Å². The van der Waals surface area contributed by atoms with Gasteiger partial charge in [0.2, 0.25) is 11.7 Å². The first-order valence-electron chi connectivity index (χ1n) is 9.27. The number of methoxy groups -OCH3 is 1. The molecular weight excluding hydrogens is 424 g/mol. The molecule has 0 aliphatic carbocycles. The second kappa shape index (κ2) is 8.81. The first kappa shape index (κ1) is 20.3. The predicted molar refractivity (Wildman–Crippen MR) is 118 cm³/mol. The van der Waals surface area contributed by atoms with Crippen LogP contribution >= 0.6 is 23.4 Å². The molecule has 7 nitrogen and oxygen atoms in total. The number of para-hydroxylation sites is 1. The van der Waals surface area contributed by atoms with Gasteiger partial charge in [-0.05, 0) is 37.3 Å². The predicted octanol–water partition coefficient (Wildman–Crippen LogP) is 5.10. The van der Waals surface area contributed by atoms with Crippen molar-refractivity contribution in [3.63, 3.8) is 0 Å². The molecule has 30 heavy (non-hydrogen) atoms. The second-order valence-electron chi connectivity index (χ2n) is 6.38. The van der Waals surface area contributed by atoms with Gasteiger partial charge in [0.05, 0.1) is 18.6 Å². The number of anilines is 1. The van der Waals surface area contributed by atoms with Crippen molar-refractivity contribution in [1.82, 2.24) is 14.8 Å². The third-order valence-corrected chi connectivity index (χ3v) is 5.65. The molecule has 0 atom stereocenters. The number of ether oxygens (including phenoxy) is 1. The maximum absolute atomic E-state index is 12.5. The molecule has 0 fully saturated rings. The average molecular weight is 443 g/mol. The van der Waals surface area contributed by atoms with Crippen LogP contribution in [0.3, 0.4) is 0 Å². The summed E-state index contributed by atoms with van der Waals surface area (Å²) in [6.07, 6.45) is 0. The molecule has 0 bridgehead atoms. The van der Waals surface area contributed by atoms with Gasteiger partial charge in [0.25, 0.3) is 0 Å². The molecule has 2 aromatic carbocycles. The van der Waals surface area contributed by atoms with Crippen molar-refractivity contribution in [3.05, 3.63) is 53.6 Å². The molecule has 2 heterocycles. The van der Waals surface area contributed by atoms with Gasteiger partial charge in [-0.15, -0.1) is 10.2 Å². The van der Waals surface area contributed by atoms with Crippen molar-refractivity contribution in [1.29, 1.82) is 0 Å². The number of halogens is 1. The number of amides is 1. The third-order valence-electron chi connectivity index (χ3n) is 4.45. The summed E-state index contributed by atoms with van der Waals surface area (Å²) >= 11 is 7.32. The van der Waals surface area contributed by atoms with E-state index in [1.807, 2.05) is 41.8 Å². The van der Waals surface area contributed by atoms with Crippen molar-refractivity contribution in [3.8, 4) is 17.3 Å². The third kappa shape index (κ3) is 4.15. The van der Waals surface area contributed by atoms with Crippen LogP contribution in [0, 0.1) is 0 Å². The quantitative estimate of drug-likeness (QED) is 0.401. The fourth-order valence-electron chi connectivity index (χ4n) is 3.05. The maximum Gasteiger partial charge on any atom is 0.234 e. The Labute approximate surface area is 182 Å². The van der Waals surface area contributed by atoms with Crippen molar-refractivity contribution in [2.24, 2.45) is 0 Å². The van der Waals surface area contributed by atoms with Crippen LogP contribution in [-0.2, 0) is 11.3 Å². The standard InChI is InChI=1S/C21H19ClN4O3S/c1-3-26-20(18-10-13-6-4-5-7-16(13)29-18)24-25-21(26)30-12-19(27)23-15-11-14(22)8-9-17(15)28-2/h4-11H,3,12H2,1-2H3,(H,23,27). The van der Waals surface area contributed by atoms with Crippen LogP contribution in [0.5, 0.6) is 5.75 Å². The van der Waals surface area contributed by atoms with E-state index in [0.717, 1.165) is 11.0 Å². The molecule has 0 saturated heterocycles. The highest BCUT2D eigenvalue weighted by Crippen LogP contribution is 2.30. The number of carbonyl (C=O) groups is 1. The Morgan fingerprint density at radius 3 is 2.83 bits per heavy atom. The summed E-state index contributed by atoms with van der Waals surface area (Å²) < 4.78 is 13.1. The number of benzene rings is 2. The average Bonchev–Trinajstić information content (AvgIpc) is 3.35. The summed E-state index contributed by atoms with van der Waals surface area (Å²) in [5, 5.41) is 13.5. The highest BCUT2D eigenvalue weighted by molar-refractivity contribution is 7.99. The van der Waals surface area contributed by atoms with Crippen molar-refractivity contribution < 1.29 is 13.9 Å². The van der Waals surface area contributed by atoms with Gasteiger partial charge in [-0.1, -0.05) is 41.6 Å². The minimum atomic E-state index is -0.198. The number of fused-ring (bicyclic) bond motifs is 1. The highest BCUT2D eigenvalue weighted by Gasteiger charge is 2.18. The Bertz CT molecular complexity index is 1170. The molecule has 1 amide bonds. The number of hydrogen-bond acceptors (Lipinski definition) is 6. The SMILES string of the molecule is CCn1c(SCC(=O)Nc2cc(Cl)ccc2OC)nnc1-c1cc2ccccc2o1. The lowest BCUT2D eigenvalue weighted by Gasteiger charge is -2.10. The van der Waals surface area contributed by atoms with Crippen LogP contribution in [0.25, 0.3) is 22.6 Å². The Balaban J connectivity index is 1.49. The molecular formula is C21H19ClN4O3S. The monoisotopic (exact) mass is 442 g/mol. The number of rotatable bonds is 7. The topological polar surface area (TPSA) is 82.2 Å². The molecule has 0 aliphatic heterocycles. The van der Waals surface area contributed by atoms with Crippen LogP contribution in [0.1, 0.15) is 6.92 Å². The number of carbonyl (C=O) groups excluding carboxylic acids is 1. The van der Waals surface area contributed by atoms with Crippen LogP contribution in [0.2, 0.25) is 5.02 Å². The van der Waals surface area contributed by atoms with E-state index in [0.29, 0.717) is 39.7 Å². The Hall–Kier alpha value is -2.97. The zero-order chi connectivity index (χ0) is 21.1. The van der Waals surface area contributed by atoms with Crippen molar-refractivity contribution in [2.75, 3.05) is 18.2 Å². The van der Waals surface area contributed by atoms with Crippen LogP contribution in [-0.4, -0.2) is 33.5 Å². The summed E-state index contributed by atoms with van der Waals surface area (Å²) in [6, 6.07) is 14.8. The summed E-state index contributed by atoms with van der Waals surface area (Å²) in [7, 11) is 1.54. The number of nitrogens with one attached hydrogen (secondary N) is 1. The molecule has 0 aliphatic rings. The van der Waals surface area contributed by atoms with Gasteiger partial charge in [-0.3, -0.25) is 9.36 Å². The Kier molecular flexibility index (Phi) is 5.96. The number of nitrogens with zero attached hydrogens (tertiary/aromatic N) is 3. The van der Waals surface area contributed by atoms with Crippen molar-refractivity contribution in [2.45, 2.75) is 18.6 Å². The fourth-order valence-corrected chi connectivity index (χ4v) is 4.02. The molecule has 4 aromatic rings. The van der Waals surface area contributed by atoms with E-state index in [4.69, 9.17) is 20.8 Å². The zero-order valence-electron chi connectivity index (χ0n) is 16.4. The Morgan fingerprint density at radius 2 is 2.07 bits per heavy atom. The first-order chi connectivity index (χ1) is 14.6. The number of aromatic nitrogens is 3. The van der Waals surface area contributed by atoms with E-state index < -0.39 is 0 Å². The van der Waals surface area contributed by atoms with Crippen LogP contribution in [0.4, 0.5) is 5.69 Å². The molecule has 1 N–H and O–H groups in total. The number of hydrogen-bond donors (Lipinski definition) is 1. The smallest absolute Gasteiger partial charge is 0.234 e. The van der Waals surface area contributed by atoms with Gasteiger partial charge in [0.15, 0.2) is 10.9 Å². The minimum absolute atomic E-state index is 0.161. The van der Waals surface area contributed by atoms with E-state index in [1.165, 1.54) is 18.9 Å². The molecule has 0 radical (unpaired) electrons. The highest BCUT2D eigenvalue weighted by atomic mass is 35.5. The van der Waals surface area contributed by atoms with E-state index >= 15 is 0 Å². The normalized spacial score (nSPS) is 11.0. The van der Waals surface area contributed by atoms with Gasteiger partial charge in [-0.2, -0.15) is 0 Å². The Morgan fingerprint density at radius 1 is 1.23 bits per heavy atom. The summed E-state index contributed by atoms with van der Waals surface area (Å²) in [5.74, 6) is 1.78. The number of furan rings is 1. The molecule has 154 valence electrons. The van der Waals surface area contributed by atoms with Gasteiger partial charge in [0, 0.05) is 17.0 Å². The molecule has 2 aromatic heterocycles. The fraction of sp³-hybridized carbons (Fsp3) is 0.190. The lowest BCUT2D eigenvalue weighted by molar-refractivity contribution is -0.113. The molecule has 4 rings (SSSR count). The van der Waals surface area contributed by atoms with Crippen LogP contribution < -0.4 is 10.1 Å². The summed E-state index contributed by atoms with van der Waals surface area (Å²) in [5.41, 5.74) is 1.32. The molecule has 0 saturated carbocycles. The van der Waals surface area contributed by atoms with Gasteiger partial charge >= 0.3 is 0 Å². The zero-order valence-corrected chi connectivity index (χ0v) is 18.0. The largest absolute Gasteiger partial charge is 0.495 e. The summed E-state index contributed by atoms with van der Waals surface area (Å²) in [4.78, 5) is 12.5. The maximum atomic E-state index is 12.5. The van der Waals surface area contributed by atoms with E-state index in [-0.39, 0.29) is 11.7 Å². The molecule has 9 heteroatoms. The molecule has 0 unspecified atom stereocenters. The molecule has 0 spiro atoms. The second-order valence-corrected chi connectivity index (χ2v) is 7.76. The minimum Gasteiger partial charge on any atom is -0.495 e. The van der Waals surface area contributed by atoms with Crippen LogP contribution in [0.15, 0.2) is 58.1 Å². The van der Waals surface area contributed by atoms with Gasteiger partial charge < -0.3 is 14.5 Å². The first-order valence-corrected chi connectivity index (χ1v) is 10.6. The van der Waals surface area contributed by atoms with Gasteiger partial charge in [0.1, 0.15) is 11.3 Å². The van der Waals surface area contributed by atoms with Gasteiger partial charge in [-0.25, -0.2) is 0 Å². The van der Waals surface area contributed by atoms with Crippen molar-refractivity contribution >= 4 is 45.9 Å². The lowest BCUT2D eigenvalue weighted by atomic mass is 10.2.